The molecule has 6 nitrogen and oxygen atoms in total. The van der Waals surface area contributed by atoms with Crippen molar-refractivity contribution in [2.24, 2.45) is 0 Å². The second-order valence-corrected chi connectivity index (χ2v) is 6.41. The minimum Gasteiger partial charge on any atom is -0.332 e. The monoisotopic (exact) mass is 312 g/mol. The van der Waals surface area contributed by atoms with E-state index in [2.05, 4.69) is 20.0 Å². The number of imidazole rings is 1. The number of hydrogen-bond donors (Lipinski definition) is 3. The van der Waals surface area contributed by atoms with Crippen LogP contribution < -0.4 is 10.0 Å². The Labute approximate surface area is 114 Å². The molecular weight excluding hydrogens is 297 g/mol. The van der Waals surface area contributed by atoms with Gasteiger partial charge in [-0.2, -0.15) is 13.2 Å². The molecule has 20 heavy (non-hydrogen) atoms. The number of piperidine rings is 1. The van der Waals surface area contributed by atoms with Gasteiger partial charge in [0, 0.05) is 12.6 Å². The fourth-order valence-electron chi connectivity index (χ4n) is 2.05. The largest absolute Gasteiger partial charge is 0.403 e. The zero-order valence-electron chi connectivity index (χ0n) is 10.7. The van der Waals surface area contributed by atoms with E-state index in [4.69, 9.17) is 0 Å². The van der Waals surface area contributed by atoms with Gasteiger partial charge in [-0.3, -0.25) is 0 Å². The van der Waals surface area contributed by atoms with Crippen LogP contribution in [0.1, 0.15) is 18.7 Å². The van der Waals surface area contributed by atoms with Gasteiger partial charge in [-0.15, -0.1) is 0 Å². The Morgan fingerprint density at radius 1 is 1.40 bits per heavy atom. The number of nitrogens with one attached hydrogen (secondary N) is 3. The molecule has 10 heteroatoms. The Bertz CT molecular complexity index is 561. The smallest absolute Gasteiger partial charge is 0.332 e. The first-order valence-corrected chi connectivity index (χ1v) is 7.51. The Morgan fingerprint density at radius 2 is 2.10 bits per heavy atom. The van der Waals surface area contributed by atoms with Crippen LogP contribution >= 0.6 is 0 Å². The molecule has 2 rings (SSSR count). The minimum atomic E-state index is -4.30. The molecule has 1 aromatic rings. The number of aromatic nitrogens is 2. The Balaban J connectivity index is 1.96. The maximum absolute atomic E-state index is 12.5. The zero-order valence-corrected chi connectivity index (χ0v) is 11.5. The molecule has 0 aromatic carbocycles. The number of halogens is 3. The molecule has 2 heterocycles. The Hall–Kier alpha value is -1.13. The summed E-state index contributed by atoms with van der Waals surface area (Å²) in [5, 5.41) is 2.22. The van der Waals surface area contributed by atoms with Crippen LogP contribution in [0.4, 0.5) is 13.2 Å². The molecule has 1 aliphatic heterocycles. The summed E-state index contributed by atoms with van der Waals surface area (Å²) in [7, 11) is -3.78. The van der Waals surface area contributed by atoms with Crippen molar-refractivity contribution >= 4 is 10.0 Å². The van der Waals surface area contributed by atoms with Crippen LogP contribution in [0.2, 0.25) is 0 Å². The van der Waals surface area contributed by atoms with E-state index >= 15 is 0 Å². The van der Waals surface area contributed by atoms with Crippen LogP contribution in [-0.4, -0.2) is 43.2 Å². The van der Waals surface area contributed by atoms with E-state index in [1.807, 2.05) is 0 Å². The topological polar surface area (TPSA) is 86.9 Å². The molecule has 0 spiro atoms. The quantitative estimate of drug-likeness (QED) is 0.766. The molecule has 0 amide bonds. The first-order valence-electron chi connectivity index (χ1n) is 6.02. The van der Waals surface area contributed by atoms with Crippen LogP contribution in [-0.2, 0) is 10.0 Å². The molecule has 0 radical (unpaired) electrons. The highest BCUT2D eigenvalue weighted by molar-refractivity contribution is 7.89. The number of aromatic amines is 1. The van der Waals surface area contributed by atoms with Crippen molar-refractivity contribution in [2.45, 2.75) is 43.1 Å². The highest BCUT2D eigenvalue weighted by Crippen LogP contribution is 2.26. The highest BCUT2D eigenvalue weighted by atomic mass is 32.2. The van der Waals surface area contributed by atoms with E-state index in [9.17, 15) is 21.6 Å². The average Bonchev–Trinajstić information content (AvgIpc) is 2.76. The standard InChI is InChI=1S/C10H15F3N4O2S/c1-6-14-5-9(16-6)20(18,19)17-7-2-3-8(15-4-7)10(11,12)13/h5,7-8,15,17H,2-4H2,1H3,(H,14,16). The van der Waals surface area contributed by atoms with Gasteiger partial charge in [0.25, 0.3) is 10.0 Å². The molecule has 2 unspecified atom stereocenters. The van der Waals surface area contributed by atoms with Gasteiger partial charge in [-0.1, -0.05) is 0 Å². The lowest BCUT2D eigenvalue weighted by Gasteiger charge is -2.31. The number of alkyl halides is 3. The second kappa shape index (κ2) is 5.34. The second-order valence-electron chi connectivity index (χ2n) is 4.73. The van der Waals surface area contributed by atoms with Gasteiger partial charge in [-0.05, 0) is 19.8 Å². The summed E-state index contributed by atoms with van der Waals surface area (Å²) >= 11 is 0. The van der Waals surface area contributed by atoms with Crippen molar-refractivity contribution in [3.8, 4) is 0 Å². The number of sulfonamides is 1. The summed E-state index contributed by atoms with van der Waals surface area (Å²) in [5.41, 5.74) is 0. The molecule has 1 fully saturated rings. The predicted octanol–water partition coefficient (Wildman–Crippen LogP) is 0.679. The molecule has 0 saturated carbocycles. The van der Waals surface area contributed by atoms with Crippen molar-refractivity contribution in [1.82, 2.24) is 20.0 Å². The summed E-state index contributed by atoms with van der Waals surface area (Å²) < 4.78 is 63.7. The maximum atomic E-state index is 12.5. The third-order valence-corrected chi connectivity index (χ3v) is 4.53. The van der Waals surface area contributed by atoms with E-state index in [-0.39, 0.29) is 24.4 Å². The lowest BCUT2D eigenvalue weighted by atomic mass is 10.0. The maximum Gasteiger partial charge on any atom is 0.403 e. The normalized spacial score (nSPS) is 24.8. The first-order chi connectivity index (χ1) is 9.18. The van der Waals surface area contributed by atoms with Gasteiger partial charge in [0.1, 0.15) is 11.9 Å². The third kappa shape index (κ3) is 3.49. The van der Waals surface area contributed by atoms with Gasteiger partial charge in [0.05, 0.1) is 6.20 Å². The molecule has 0 bridgehead atoms. The molecule has 1 saturated heterocycles. The van der Waals surface area contributed by atoms with E-state index in [0.29, 0.717) is 5.82 Å². The van der Waals surface area contributed by atoms with E-state index in [0.717, 1.165) is 0 Å². The van der Waals surface area contributed by atoms with Crippen molar-refractivity contribution in [2.75, 3.05) is 6.54 Å². The number of aryl methyl sites for hydroxylation is 1. The van der Waals surface area contributed by atoms with Crippen LogP contribution in [0.25, 0.3) is 0 Å². The van der Waals surface area contributed by atoms with Gasteiger partial charge in [0.15, 0.2) is 5.03 Å². The van der Waals surface area contributed by atoms with Crippen LogP contribution in [0.3, 0.4) is 0 Å². The number of rotatable bonds is 3. The Kier molecular flexibility index (Phi) is 4.07. The summed E-state index contributed by atoms with van der Waals surface area (Å²) in [4.78, 5) is 6.36. The number of nitrogens with zero attached hydrogens (tertiary/aromatic N) is 1. The average molecular weight is 312 g/mol. The lowest BCUT2D eigenvalue weighted by Crippen LogP contribution is -2.54. The summed E-state index contributed by atoms with van der Waals surface area (Å²) in [5.74, 6) is 0.448. The van der Waals surface area contributed by atoms with Gasteiger partial charge < -0.3 is 10.3 Å². The van der Waals surface area contributed by atoms with E-state index in [1.165, 1.54) is 6.20 Å². The summed E-state index contributed by atoms with van der Waals surface area (Å²) in [6, 6.07) is -2.14. The lowest BCUT2D eigenvalue weighted by molar-refractivity contribution is -0.160. The molecule has 2 atom stereocenters. The fraction of sp³-hybridized carbons (Fsp3) is 0.700. The van der Waals surface area contributed by atoms with Crippen molar-refractivity contribution in [3.63, 3.8) is 0 Å². The Morgan fingerprint density at radius 3 is 2.55 bits per heavy atom. The number of H-pyrrole nitrogens is 1. The molecule has 3 N–H and O–H groups in total. The molecular formula is C10H15F3N4O2S. The SMILES string of the molecule is Cc1ncc(S(=O)(=O)NC2CCC(C(F)(F)F)NC2)[nH]1. The summed E-state index contributed by atoms with van der Waals surface area (Å²) in [6.07, 6.45) is -3.15. The summed E-state index contributed by atoms with van der Waals surface area (Å²) in [6.45, 7) is 1.55. The first kappa shape index (κ1) is 15.3. The van der Waals surface area contributed by atoms with Gasteiger partial charge >= 0.3 is 6.18 Å². The minimum absolute atomic E-state index is 0.0590. The molecule has 0 aliphatic carbocycles. The van der Waals surface area contributed by atoms with Crippen molar-refractivity contribution in [3.05, 3.63) is 12.0 Å². The predicted molar refractivity (Wildman–Crippen MR) is 64.5 cm³/mol. The van der Waals surface area contributed by atoms with Crippen molar-refractivity contribution < 1.29 is 21.6 Å². The number of hydrogen-bond acceptors (Lipinski definition) is 4. The van der Waals surface area contributed by atoms with Crippen LogP contribution in [0.15, 0.2) is 11.2 Å². The van der Waals surface area contributed by atoms with Crippen molar-refractivity contribution in [1.29, 1.82) is 0 Å². The zero-order chi connectivity index (χ0) is 15.0. The molecule has 1 aliphatic rings. The van der Waals surface area contributed by atoms with Gasteiger partial charge in [0.2, 0.25) is 0 Å². The fourth-order valence-corrected chi connectivity index (χ4v) is 3.29. The third-order valence-electron chi connectivity index (χ3n) is 3.10. The van der Waals surface area contributed by atoms with Crippen LogP contribution in [0.5, 0.6) is 0 Å². The highest BCUT2D eigenvalue weighted by Gasteiger charge is 2.42. The molecule has 114 valence electrons. The van der Waals surface area contributed by atoms with E-state index < -0.39 is 28.3 Å². The van der Waals surface area contributed by atoms with E-state index in [1.54, 1.807) is 6.92 Å². The molecule has 1 aromatic heterocycles. The van der Waals surface area contributed by atoms with Crippen LogP contribution in [0, 0.1) is 6.92 Å². The van der Waals surface area contributed by atoms with Gasteiger partial charge in [-0.25, -0.2) is 18.1 Å².